The first-order valence-corrected chi connectivity index (χ1v) is 11.5. The van der Waals surface area contributed by atoms with E-state index in [-0.39, 0.29) is 22.4 Å². The van der Waals surface area contributed by atoms with Gasteiger partial charge in [-0.25, -0.2) is 0 Å². The molecule has 0 bridgehead atoms. The standard InChI is InChI=1S/C25H22Cl2N4O3/c1-16(32)30-10-12-31(13-11-30)25(34)17-5-7-19(22(27)14-17)24(33)29-18-6-8-21(26)20(15-18)23-4-2-3-9-28-23/h2-9,14-15H,10-13H2,1H3,(H,29,33). The summed E-state index contributed by atoms with van der Waals surface area (Å²) in [5.74, 6) is -0.596. The molecule has 2 heterocycles. The highest BCUT2D eigenvalue weighted by Gasteiger charge is 2.24. The molecule has 1 saturated heterocycles. The molecule has 3 amide bonds. The van der Waals surface area contributed by atoms with Crippen LogP contribution in [-0.4, -0.2) is 58.7 Å². The Labute approximate surface area is 207 Å². The number of carbonyl (C=O) groups is 3. The van der Waals surface area contributed by atoms with Gasteiger partial charge in [-0.05, 0) is 48.5 Å². The molecule has 4 rings (SSSR count). The molecule has 1 aromatic heterocycles. The number of nitrogens with zero attached hydrogens (tertiary/aromatic N) is 3. The van der Waals surface area contributed by atoms with Crippen LogP contribution in [0.1, 0.15) is 27.6 Å². The zero-order chi connectivity index (χ0) is 24.2. The quantitative estimate of drug-likeness (QED) is 0.571. The van der Waals surface area contributed by atoms with Gasteiger partial charge in [0.2, 0.25) is 5.91 Å². The van der Waals surface area contributed by atoms with Crippen molar-refractivity contribution in [3.05, 3.63) is 82.0 Å². The van der Waals surface area contributed by atoms with Crippen molar-refractivity contribution in [3.63, 3.8) is 0 Å². The second kappa shape index (κ2) is 10.2. The molecule has 7 nitrogen and oxygen atoms in total. The van der Waals surface area contributed by atoms with Crippen molar-refractivity contribution in [3.8, 4) is 11.3 Å². The van der Waals surface area contributed by atoms with Gasteiger partial charge in [0, 0.05) is 56.1 Å². The van der Waals surface area contributed by atoms with Crippen molar-refractivity contribution in [1.82, 2.24) is 14.8 Å². The van der Waals surface area contributed by atoms with Gasteiger partial charge >= 0.3 is 0 Å². The first-order valence-electron chi connectivity index (χ1n) is 10.7. The van der Waals surface area contributed by atoms with Gasteiger partial charge in [0.15, 0.2) is 0 Å². The molecule has 1 fully saturated rings. The van der Waals surface area contributed by atoms with Crippen molar-refractivity contribution < 1.29 is 14.4 Å². The van der Waals surface area contributed by atoms with Crippen LogP contribution < -0.4 is 5.32 Å². The Bertz CT molecular complexity index is 1240. The Hall–Kier alpha value is -3.42. The summed E-state index contributed by atoms with van der Waals surface area (Å²) in [6.45, 7) is 3.42. The van der Waals surface area contributed by atoms with Crippen molar-refractivity contribution in [2.24, 2.45) is 0 Å². The molecule has 0 radical (unpaired) electrons. The number of pyridine rings is 1. The van der Waals surface area contributed by atoms with Crippen LogP contribution in [0.25, 0.3) is 11.3 Å². The lowest BCUT2D eigenvalue weighted by molar-refractivity contribution is -0.130. The molecule has 0 spiro atoms. The minimum Gasteiger partial charge on any atom is -0.339 e. The van der Waals surface area contributed by atoms with E-state index in [1.165, 1.54) is 19.1 Å². The van der Waals surface area contributed by atoms with E-state index in [1.54, 1.807) is 40.3 Å². The molecule has 9 heteroatoms. The summed E-state index contributed by atoms with van der Waals surface area (Å²) in [7, 11) is 0. The van der Waals surface area contributed by atoms with E-state index >= 15 is 0 Å². The molecule has 1 aliphatic rings. The fourth-order valence-corrected chi connectivity index (χ4v) is 4.24. The number of rotatable bonds is 4. The van der Waals surface area contributed by atoms with E-state index in [9.17, 15) is 14.4 Å². The lowest BCUT2D eigenvalue weighted by Gasteiger charge is -2.34. The number of hydrogen-bond donors (Lipinski definition) is 1. The molecule has 3 aromatic rings. The fourth-order valence-electron chi connectivity index (χ4n) is 3.76. The van der Waals surface area contributed by atoms with E-state index in [0.717, 1.165) is 0 Å². The third kappa shape index (κ3) is 5.21. The van der Waals surface area contributed by atoms with Gasteiger partial charge < -0.3 is 15.1 Å². The zero-order valence-corrected chi connectivity index (χ0v) is 19.9. The van der Waals surface area contributed by atoms with E-state index in [0.29, 0.717) is 53.7 Å². The van der Waals surface area contributed by atoms with E-state index in [2.05, 4.69) is 10.3 Å². The fraction of sp³-hybridized carbons (Fsp3) is 0.200. The second-order valence-corrected chi connectivity index (χ2v) is 8.67. The maximum absolute atomic E-state index is 12.9. The minimum absolute atomic E-state index is 0.00153. The number of aromatic nitrogens is 1. The highest BCUT2D eigenvalue weighted by Crippen LogP contribution is 2.30. The van der Waals surface area contributed by atoms with Crippen molar-refractivity contribution in [2.45, 2.75) is 6.92 Å². The summed E-state index contributed by atoms with van der Waals surface area (Å²) in [6.07, 6.45) is 1.67. The Morgan fingerprint density at radius 3 is 2.26 bits per heavy atom. The Morgan fingerprint density at radius 2 is 1.62 bits per heavy atom. The topological polar surface area (TPSA) is 82.6 Å². The van der Waals surface area contributed by atoms with E-state index in [4.69, 9.17) is 23.2 Å². The maximum Gasteiger partial charge on any atom is 0.257 e. The molecular weight excluding hydrogens is 475 g/mol. The van der Waals surface area contributed by atoms with Gasteiger partial charge in [0.05, 0.1) is 21.3 Å². The number of amides is 3. The third-order valence-corrected chi connectivity index (χ3v) is 6.28. The smallest absolute Gasteiger partial charge is 0.257 e. The summed E-state index contributed by atoms with van der Waals surface area (Å²) < 4.78 is 0. The number of hydrogen-bond acceptors (Lipinski definition) is 4. The zero-order valence-electron chi connectivity index (χ0n) is 18.4. The summed E-state index contributed by atoms with van der Waals surface area (Å²) in [5, 5.41) is 3.51. The van der Waals surface area contributed by atoms with Gasteiger partial charge in [-0.3, -0.25) is 19.4 Å². The monoisotopic (exact) mass is 496 g/mol. The largest absolute Gasteiger partial charge is 0.339 e. The van der Waals surface area contributed by atoms with Gasteiger partial charge in [-0.1, -0.05) is 29.3 Å². The molecule has 0 saturated carbocycles. The Balaban J connectivity index is 1.47. The van der Waals surface area contributed by atoms with Crippen LogP contribution >= 0.6 is 23.2 Å². The average Bonchev–Trinajstić information content (AvgIpc) is 2.85. The summed E-state index contributed by atoms with van der Waals surface area (Å²) in [5.41, 5.74) is 2.55. The molecule has 0 atom stereocenters. The summed E-state index contributed by atoms with van der Waals surface area (Å²) >= 11 is 12.7. The SMILES string of the molecule is CC(=O)N1CCN(C(=O)c2ccc(C(=O)Nc3ccc(Cl)c(-c4ccccn4)c3)c(Cl)c2)CC1. The van der Waals surface area contributed by atoms with Crippen LogP contribution in [0, 0.1) is 0 Å². The van der Waals surface area contributed by atoms with Crippen LogP contribution in [-0.2, 0) is 4.79 Å². The van der Waals surface area contributed by atoms with Crippen LogP contribution in [0.3, 0.4) is 0 Å². The molecule has 0 aliphatic carbocycles. The van der Waals surface area contributed by atoms with E-state index in [1.807, 2.05) is 18.2 Å². The van der Waals surface area contributed by atoms with Crippen LogP contribution in [0.2, 0.25) is 10.0 Å². The third-order valence-electron chi connectivity index (χ3n) is 5.64. The first-order chi connectivity index (χ1) is 16.3. The maximum atomic E-state index is 12.9. The van der Waals surface area contributed by atoms with Crippen LogP contribution in [0.5, 0.6) is 0 Å². The van der Waals surface area contributed by atoms with Gasteiger partial charge in [0.25, 0.3) is 11.8 Å². The number of nitrogens with one attached hydrogen (secondary N) is 1. The highest BCUT2D eigenvalue weighted by molar-refractivity contribution is 6.35. The predicted molar refractivity (Wildman–Crippen MR) is 132 cm³/mol. The molecule has 174 valence electrons. The van der Waals surface area contributed by atoms with Crippen molar-refractivity contribution >= 4 is 46.6 Å². The van der Waals surface area contributed by atoms with Gasteiger partial charge in [0.1, 0.15) is 0 Å². The summed E-state index contributed by atoms with van der Waals surface area (Å²) in [4.78, 5) is 44.9. The van der Waals surface area contributed by atoms with Gasteiger partial charge in [-0.15, -0.1) is 0 Å². The van der Waals surface area contributed by atoms with Crippen molar-refractivity contribution in [1.29, 1.82) is 0 Å². The molecule has 0 unspecified atom stereocenters. The van der Waals surface area contributed by atoms with E-state index < -0.39 is 5.91 Å². The van der Waals surface area contributed by atoms with Crippen LogP contribution in [0.4, 0.5) is 5.69 Å². The number of anilines is 1. The summed E-state index contributed by atoms with van der Waals surface area (Å²) in [6, 6.07) is 15.2. The Morgan fingerprint density at radius 1 is 0.882 bits per heavy atom. The number of piperazine rings is 1. The lowest BCUT2D eigenvalue weighted by atomic mass is 10.1. The minimum atomic E-state index is -0.409. The second-order valence-electron chi connectivity index (χ2n) is 7.86. The average molecular weight is 497 g/mol. The number of benzene rings is 2. The van der Waals surface area contributed by atoms with Crippen LogP contribution in [0.15, 0.2) is 60.8 Å². The lowest BCUT2D eigenvalue weighted by Crippen LogP contribution is -2.50. The molecule has 1 N–H and O–H groups in total. The molecule has 1 aliphatic heterocycles. The predicted octanol–water partition coefficient (Wildman–Crippen LogP) is 4.61. The highest BCUT2D eigenvalue weighted by atomic mass is 35.5. The number of carbonyl (C=O) groups excluding carboxylic acids is 3. The van der Waals surface area contributed by atoms with Gasteiger partial charge in [-0.2, -0.15) is 0 Å². The van der Waals surface area contributed by atoms with Crippen molar-refractivity contribution in [2.75, 3.05) is 31.5 Å². The molecular formula is C25H22Cl2N4O3. The number of halogens is 2. The normalized spacial score (nSPS) is 13.5. The molecule has 34 heavy (non-hydrogen) atoms. The first kappa shape index (κ1) is 23.7. The Kier molecular flexibility index (Phi) is 7.14. The molecule has 2 aromatic carbocycles.